The average Bonchev–Trinajstić information content (AvgIpc) is 3.29. The van der Waals surface area contributed by atoms with Crippen molar-refractivity contribution >= 4 is 17.6 Å². The Bertz CT molecular complexity index is 753. The molecule has 1 aromatic carbocycles. The van der Waals surface area contributed by atoms with E-state index in [0.717, 1.165) is 32.5 Å². The van der Waals surface area contributed by atoms with E-state index < -0.39 is 5.60 Å². The van der Waals surface area contributed by atoms with Crippen LogP contribution in [0.1, 0.15) is 24.8 Å². The first-order chi connectivity index (χ1) is 13.6. The predicted molar refractivity (Wildman–Crippen MR) is 105 cm³/mol. The minimum atomic E-state index is -0.394. The first-order valence-corrected chi connectivity index (χ1v) is 9.96. The van der Waals surface area contributed by atoms with Crippen LogP contribution in [0.15, 0.2) is 35.5 Å². The highest BCUT2D eigenvalue weighted by Gasteiger charge is 2.44. The summed E-state index contributed by atoms with van der Waals surface area (Å²) in [5, 5.41) is 9.71. The molecule has 0 radical (unpaired) electrons. The topological polar surface area (TPSA) is 86.3 Å². The third-order valence-electron chi connectivity index (χ3n) is 5.58. The van der Waals surface area contributed by atoms with Crippen LogP contribution in [0, 0.1) is 0 Å². The highest BCUT2D eigenvalue weighted by molar-refractivity contribution is 6.39. The van der Waals surface area contributed by atoms with Gasteiger partial charge in [-0.05, 0) is 24.9 Å². The molecule has 150 valence electrons. The van der Waals surface area contributed by atoms with Gasteiger partial charge in [-0.15, -0.1) is 0 Å². The summed E-state index contributed by atoms with van der Waals surface area (Å²) < 4.78 is 0. The summed E-state index contributed by atoms with van der Waals surface area (Å²) in [7, 11) is 0. The first kappa shape index (κ1) is 18.7. The number of hydrogen-bond acceptors (Lipinski definition) is 5. The molecule has 3 aliphatic rings. The molecule has 2 N–H and O–H groups in total. The van der Waals surface area contributed by atoms with Crippen LogP contribution in [0.2, 0.25) is 0 Å². The second kappa shape index (κ2) is 8.18. The van der Waals surface area contributed by atoms with Crippen LogP contribution in [-0.4, -0.2) is 72.3 Å². The molecule has 1 aromatic rings. The van der Waals surface area contributed by atoms with Crippen molar-refractivity contribution < 1.29 is 14.4 Å². The highest BCUT2D eigenvalue weighted by atomic mass is 16.7. The molecule has 3 heterocycles. The zero-order chi connectivity index (χ0) is 19.4. The van der Waals surface area contributed by atoms with E-state index in [2.05, 4.69) is 45.0 Å². The largest absolute Gasteiger partial charge is 0.387 e. The summed E-state index contributed by atoms with van der Waals surface area (Å²) in [4.78, 5) is 33.8. The van der Waals surface area contributed by atoms with Gasteiger partial charge in [0.2, 0.25) is 0 Å². The standard InChI is InChI=1S/C20H27N5O3/c26-18(21-8-11-25-12-9-22-19(25)27)17-13-20(28-23-17)7-4-10-24(15-20)14-16-5-2-1-3-6-16/h1-3,5-6H,4,7-15H2,(H,21,26)(H,22,27). The number of likely N-dealkylation sites (tertiary alicyclic amines) is 1. The summed E-state index contributed by atoms with van der Waals surface area (Å²) in [5.41, 5.74) is 1.34. The van der Waals surface area contributed by atoms with Crippen LogP contribution >= 0.6 is 0 Å². The molecule has 1 unspecified atom stereocenters. The van der Waals surface area contributed by atoms with Crippen molar-refractivity contribution in [3.8, 4) is 0 Å². The summed E-state index contributed by atoms with van der Waals surface area (Å²) in [5.74, 6) is -0.198. The monoisotopic (exact) mass is 385 g/mol. The molecule has 0 bridgehead atoms. The molecule has 2 saturated heterocycles. The van der Waals surface area contributed by atoms with Gasteiger partial charge in [0.15, 0.2) is 5.60 Å². The smallest absolute Gasteiger partial charge is 0.317 e. The maximum atomic E-state index is 12.4. The van der Waals surface area contributed by atoms with Crippen molar-refractivity contribution in [3.63, 3.8) is 0 Å². The minimum Gasteiger partial charge on any atom is -0.387 e. The van der Waals surface area contributed by atoms with E-state index >= 15 is 0 Å². The van der Waals surface area contributed by atoms with Crippen LogP contribution in [0.3, 0.4) is 0 Å². The molecule has 4 rings (SSSR count). The number of amides is 3. The van der Waals surface area contributed by atoms with Crippen molar-refractivity contribution in [2.45, 2.75) is 31.4 Å². The van der Waals surface area contributed by atoms with Gasteiger partial charge in [-0.1, -0.05) is 35.5 Å². The number of rotatable bonds is 6. The van der Waals surface area contributed by atoms with Gasteiger partial charge in [-0.3, -0.25) is 9.69 Å². The van der Waals surface area contributed by atoms with Gasteiger partial charge in [0, 0.05) is 45.7 Å². The molecular weight excluding hydrogens is 358 g/mol. The van der Waals surface area contributed by atoms with E-state index in [1.165, 1.54) is 5.56 Å². The van der Waals surface area contributed by atoms with Gasteiger partial charge in [-0.2, -0.15) is 0 Å². The Kier molecular flexibility index (Phi) is 5.47. The third kappa shape index (κ3) is 4.27. The lowest BCUT2D eigenvalue weighted by Gasteiger charge is -2.38. The number of hydrogen-bond donors (Lipinski definition) is 2. The second-order valence-corrected chi connectivity index (χ2v) is 7.76. The quantitative estimate of drug-likeness (QED) is 0.763. The molecule has 28 heavy (non-hydrogen) atoms. The fourth-order valence-corrected chi connectivity index (χ4v) is 4.16. The van der Waals surface area contributed by atoms with Crippen molar-refractivity contribution in [3.05, 3.63) is 35.9 Å². The van der Waals surface area contributed by atoms with Crippen molar-refractivity contribution in [1.82, 2.24) is 20.4 Å². The number of carbonyl (C=O) groups is 2. The van der Waals surface area contributed by atoms with Crippen LogP contribution in [0.4, 0.5) is 4.79 Å². The summed E-state index contributed by atoms with van der Waals surface area (Å²) in [6.07, 6.45) is 2.47. The predicted octanol–water partition coefficient (Wildman–Crippen LogP) is 0.939. The molecular formula is C20H27N5O3. The SMILES string of the molecule is O=C(NCCN1CCNC1=O)C1=NOC2(CCCN(Cc3ccccc3)C2)C1. The third-order valence-corrected chi connectivity index (χ3v) is 5.58. The van der Waals surface area contributed by atoms with E-state index in [9.17, 15) is 9.59 Å². The van der Waals surface area contributed by atoms with Gasteiger partial charge < -0.3 is 20.4 Å². The van der Waals surface area contributed by atoms with Gasteiger partial charge in [0.05, 0.1) is 0 Å². The number of oxime groups is 1. The Morgan fingerprint density at radius 3 is 2.93 bits per heavy atom. The molecule has 3 amide bonds. The zero-order valence-electron chi connectivity index (χ0n) is 16.0. The summed E-state index contributed by atoms with van der Waals surface area (Å²) >= 11 is 0. The molecule has 8 nitrogen and oxygen atoms in total. The Labute approximate surface area is 164 Å². The summed E-state index contributed by atoms with van der Waals surface area (Å²) in [6.45, 7) is 4.94. The van der Waals surface area contributed by atoms with Crippen LogP contribution in [-0.2, 0) is 16.2 Å². The maximum absolute atomic E-state index is 12.4. The average molecular weight is 385 g/mol. The molecule has 1 atom stereocenters. The molecule has 8 heteroatoms. The molecule has 3 aliphatic heterocycles. The van der Waals surface area contributed by atoms with E-state index in [1.807, 2.05) is 6.07 Å². The molecule has 0 aliphatic carbocycles. The van der Waals surface area contributed by atoms with E-state index in [-0.39, 0.29) is 11.9 Å². The normalized spacial score (nSPS) is 24.8. The molecule has 2 fully saturated rings. The van der Waals surface area contributed by atoms with E-state index in [4.69, 9.17) is 4.84 Å². The van der Waals surface area contributed by atoms with Crippen molar-refractivity contribution in [2.24, 2.45) is 5.16 Å². The van der Waals surface area contributed by atoms with Gasteiger partial charge in [0.25, 0.3) is 5.91 Å². The maximum Gasteiger partial charge on any atom is 0.317 e. The lowest BCUT2D eigenvalue weighted by atomic mass is 9.88. The van der Waals surface area contributed by atoms with Crippen molar-refractivity contribution in [1.29, 1.82) is 0 Å². The number of urea groups is 1. The second-order valence-electron chi connectivity index (χ2n) is 7.76. The Morgan fingerprint density at radius 2 is 2.14 bits per heavy atom. The van der Waals surface area contributed by atoms with Gasteiger partial charge in [0.1, 0.15) is 5.71 Å². The fraction of sp³-hybridized carbons (Fsp3) is 0.550. The highest BCUT2D eigenvalue weighted by Crippen LogP contribution is 2.34. The Balaban J connectivity index is 1.26. The van der Waals surface area contributed by atoms with Crippen LogP contribution in [0.25, 0.3) is 0 Å². The van der Waals surface area contributed by atoms with Crippen LogP contribution in [0.5, 0.6) is 0 Å². The first-order valence-electron chi connectivity index (χ1n) is 9.96. The Hall–Kier alpha value is -2.61. The molecule has 1 spiro atoms. The van der Waals surface area contributed by atoms with Crippen molar-refractivity contribution in [2.75, 3.05) is 39.3 Å². The van der Waals surface area contributed by atoms with Gasteiger partial charge >= 0.3 is 6.03 Å². The molecule has 0 aromatic heterocycles. The van der Waals surface area contributed by atoms with Crippen LogP contribution < -0.4 is 10.6 Å². The van der Waals surface area contributed by atoms with E-state index in [1.54, 1.807) is 4.90 Å². The number of nitrogens with one attached hydrogen (secondary N) is 2. The number of nitrogens with zero attached hydrogens (tertiary/aromatic N) is 3. The van der Waals surface area contributed by atoms with E-state index in [0.29, 0.717) is 38.3 Å². The lowest BCUT2D eigenvalue weighted by molar-refractivity contribution is -0.114. The lowest BCUT2D eigenvalue weighted by Crippen LogP contribution is -2.48. The van der Waals surface area contributed by atoms with Gasteiger partial charge in [-0.25, -0.2) is 4.79 Å². The Morgan fingerprint density at radius 1 is 1.29 bits per heavy atom. The summed E-state index contributed by atoms with van der Waals surface area (Å²) in [6, 6.07) is 10.3. The minimum absolute atomic E-state index is 0.0737. The number of benzene rings is 1. The number of carbonyl (C=O) groups excluding carboxylic acids is 2. The number of piperidine rings is 1. The fourth-order valence-electron chi connectivity index (χ4n) is 4.16. The zero-order valence-corrected chi connectivity index (χ0v) is 16.0. The molecule has 0 saturated carbocycles.